The first kappa shape index (κ1) is 27.1. The molecule has 38 heavy (non-hydrogen) atoms. The fourth-order valence-electron chi connectivity index (χ4n) is 3.83. The molecule has 1 saturated heterocycles. The number of carbonyl (C=O) groups is 1. The topological polar surface area (TPSA) is 227 Å². The first-order valence-corrected chi connectivity index (χ1v) is 13.2. The van der Waals surface area contributed by atoms with Crippen molar-refractivity contribution in [3.05, 3.63) is 47.1 Å². The van der Waals surface area contributed by atoms with Crippen molar-refractivity contribution in [2.45, 2.75) is 44.7 Å². The van der Waals surface area contributed by atoms with Crippen LogP contribution in [0.1, 0.15) is 26.5 Å². The second-order valence-electron chi connectivity index (χ2n) is 8.23. The number of esters is 1. The van der Waals surface area contributed by atoms with E-state index in [2.05, 4.69) is 30.1 Å². The van der Waals surface area contributed by atoms with Crippen LogP contribution in [0.2, 0.25) is 0 Å². The maximum absolute atomic E-state index is 13.7. The van der Waals surface area contributed by atoms with Crippen LogP contribution in [0, 0.1) is 0 Å². The number of nitrogens with zero attached hydrogens (tertiary/aromatic N) is 7. The third-order valence-corrected chi connectivity index (χ3v) is 7.19. The van der Waals surface area contributed by atoms with Gasteiger partial charge >= 0.3 is 13.7 Å². The quantitative estimate of drug-likeness (QED) is 0.104. The van der Waals surface area contributed by atoms with E-state index in [1.807, 2.05) is 0 Å². The number of hydrogen-bond donors (Lipinski definition) is 3. The monoisotopic (exact) mass is 546 g/mol. The zero-order valence-corrected chi connectivity index (χ0v) is 21.5. The molecular weight excluding hydrogens is 519 g/mol. The summed E-state index contributed by atoms with van der Waals surface area (Å²) < 4.78 is 37.7. The molecule has 1 aliphatic heterocycles. The molecule has 3 heterocycles. The maximum atomic E-state index is 13.7. The fraction of sp³-hybridized carbons (Fsp3) is 0.429. The highest BCUT2D eigenvalue weighted by Gasteiger charge is 2.40. The van der Waals surface area contributed by atoms with Crippen molar-refractivity contribution < 1.29 is 27.9 Å². The number of nitrogen functional groups attached to an aromatic ring is 2. The molecular formula is C21H27N10O6P. The summed E-state index contributed by atoms with van der Waals surface area (Å²) in [6, 6.07) is 6.59. The molecule has 5 N–H and O–H groups in total. The Morgan fingerprint density at radius 2 is 2.13 bits per heavy atom. The molecule has 0 radical (unpaired) electrons. The average Bonchev–Trinajstić information content (AvgIpc) is 3.48. The SMILES string of the molecule is CCOC(=O)[C@H](C)NP(=O)(OC[C@@H]1O[C@H](n2cnc3c(N)nc(N)nc32)CC1N=[N+]=[N-])Oc1ccccc1. The van der Waals surface area contributed by atoms with Crippen molar-refractivity contribution in [3.63, 3.8) is 0 Å². The molecule has 2 unspecified atom stereocenters. The summed E-state index contributed by atoms with van der Waals surface area (Å²) in [6.07, 6.45) is 0.169. The minimum Gasteiger partial charge on any atom is -0.465 e. The Kier molecular flexibility index (Phi) is 8.29. The van der Waals surface area contributed by atoms with E-state index in [0.29, 0.717) is 11.2 Å². The normalized spacial score (nSPS) is 21.4. The summed E-state index contributed by atoms with van der Waals surface area (Å²) in [5, 5.41) is 6.40. The molecule has 0 saturated carbocycles. The van der Waals surface area contributed by atoms with E-state index < -0.39 is 38.1 Å². The molecule has 0 bridgehead atoms. The number of carbonyl (C=O) groups excluding carboxylic acids is 1. The van der Waals surface area contributed by atoms with Gasteiger partial charge in [-0.2, -0.15) is 15.1 Å². The highest BCUT2D eigenvalue weighted by Crippen LogP contribution is 2.46. The van der Waals surface area contributed by atoms with E-state index in [1.54, 1.807) is 41.8 Å². The van der Waals surface area contributed by atoms with Crippen LogP contribution in [0.3, 0.4) is 0 Å². The molecule has 202 valence electrons. The van der Waals surface area contributed by atoms with E-state index in [1.165, 1.54) is 13.3 Å². The summed E-state index contributed by atoms with van der Waals surface area (Å²) in [4.78, 5) is 27.4. The van der Waals surface area contributed by atoms with Crippen molar-refractivity contribution in [2.24, 2.45) is 5.11 Å². The molecule has 1 aromatic carbocycles. The lowest BCUT2D eigenvalue weighted by molar-refractivity contribution is -0.144. The van der Waals surface area contributed by atoms with Crippen LogP contribution in [0.25, 0.3) is 21.6 Å². The predicted octanol–water partition coefficient (Wildman–Crippen LogP) is 2.70. The number of imidazole rings is 1. The van der Waals surface area contributed by atoms with Crippen LogP contribution in [-0.2, 0) is 23.4 Å². The molecule has 17 heteroatoms. The Hall–Kier alpha value is -3.94. The first-order chi connectivity index (χ1) is 18.2. The lowest BCUT2D eigenvalue weighted by Crippen LogP contribution is -2.36. The highest BCUT2D eigenvalue weighted by atomic mass is 31.2. The van der Waals surface area contributed by atoms with Gasteiger partial charge in [0.25, 0.3) is 0 Å². The van der Waals surface area contributed by atoms with Gasteiger partial charge in [-0.3, -0.25) is 13.9 Å². The van der Waals surface area contributed by atoms with Crippen LogP contribution < -0.4 is 21.1 Å². The Balaban J connectivity index is 1.54. The zero-order valence-electron chi connectivity index (χ0n) is 20.6. The van der Waals surface area contributed by atoms with Gasteiger partial charge in [-0.15, -0.1) is 0 Å². The third kappa shape index (κ3) is 6.13. The molecule has 1 fully saturated rings. The molecule has 16 nitrogen and oxygen atoms in total. The van der Waals surface area contributed by atoms with Crippen LogP contribution >= 0.6 is 7.75 Å². The Bertz CT molecular complexity index is 1380. The minimum atomic E-state index is -4.14. The number of aromatic nitrogens is 4. The molecule has 5 atom stereocenters. The number of anilines is 2. The number of para-hydroxylation sites is 1. The molecule has 2 aromatic heterocycles. The smallest absolute Gasteiger partial charge is 0.459 e. The van der Waals surface area contributed by atoms with Gasteiger partial charge in [0.1, 0.15) is 23.5 Å². The number of nitrogens with one attached hydrogen (secondary N) is 1. The number of fused-ring (bicyclic) bond motifs is 1. The molecule has 3 aromatic rings. The lowest BCUT2D eigenvalue weighted by Gasteiger charge is -2.24. The van der Waals surface area contributed by atoms with E-state index in [-0.39, 0.29) is 37.2 Å². The van der Waals surface area contributed by atoms with Gasteiger partial charge in [-0.1, -0.05) is 23.3 Å². The molecule has 0 amide bonds. The number of ether oxygens (including phenoxy) is 2. The molecule has 0 spiro atoms. The summed E-state index contributed by atoms with van der Waals surface area (Å²) in [5.41, 5.74) is 21.4. The van der Waals surface area contributed by atoms with E-state index in [4.69, 9.17) is 35.5 Å². The zero-order chi connectivity index (χ0) is 27.3. The van der Waals surface area contributed by atoms with Crippen molar-refractivity contribution in [1.82, 2.24) is 24.6 Å². The molecule has 4 rings (SSSR count). The number of hydrogen-bond acceptors (Lipinski definition) is 12. The van der Waals surface area contributed by atoms with E-state index in [9.17, 15) is 9.36 Å². The third-order valence-electron chi connectivity index (χ3n) is 5.55. The van der Waals surface area contributed by atoms with Gasteiger partial charge < -0.3 is 25.5 Å². The van der Waals surface area contributed by atoms with Crippen molar-refractivity contribution >= 4 is 36.6 Å². The van der Waals surface area contributed by atoms with Gasteiger partial charge in [-0.05, 0) is 31.5 Å². The second-order valence-corrected chi connectivity index (χ2v) is 9.92. The maximum Gasteiger partial charge on any atom is 0.459 e. The van der Waals surface area contributed by atoms with Crippen LogP contribution in [0.15, 0.2) is 41.8 Å². The van der Waals surface area contributed by atoms with Crippen LogP contribution in [0.4, 0.5) is 11.8 Å². The predicted molar refractivity (Wildman–Crippen MR) is 135 cm³/mol. The number of nitrogens with two attached hydrogens (primary N) is 2. The number of benzene rings is 1. The van der Waals surface area contributed by atoms with Crippen LogP contribution in [-0.4, -0.2) is 56.9 Å². The van der Waals surface area contributed by atoms with E-state index >= 15 is 0 Å². The summed E-state index contributed by atoms with van der Waals surface area (Å²) in [5.74, 6) is -0.320. The number of rotatable bonds is 11. The summed E-state index contributed by atoms with van der Waals surface area (Å²) in [6.45, 7) is 2.96. The van der Waals surface area contributed by atoms with Gasteiger partial charge in [0.2, 0.25) is 5.95 Å². The molecule has 1 aliphatic rings. The minimum absolute atomic E-state index is 0.0398. The van der Waals surface area contributed by atoms with Crippen molar-refractivity contribution in [1.29, 1.82) is 0 Å². The fourth-order valence-corrected chi connectivity index (χ4v) is 5.33. The van der Waals surface area contributed by atoms with Gasteiger partial charge in [0, 0.05) is 11.3 Å². The van der Waals surface area contributed by atoms with Crippen LogP contribution in [0.5, 0.6) is 5.75 Å². The van der Waals surface area contributed by atoms with Gasteiger partial charge in [0.05, 0.1) is 31.7 Å². The largest absolute Gasteiger partial charge is 0.465 e. The lowest BCUT2D eigenvalue weighted by atomic mass is 10.1. The second kappa shape index (κ2) is 11.6. The Morgan fingerprint density at radius 3 is 2.84 bits per heavy atom. The van der Waals surface area contributed by atoms with E-state index in [0.717, 1.165) is 0 Å². The number of azide groups is 1. The standard InChI is InChI=1S/C21H27N10O6P/c1-3-34-20(32)12(2)29-38(33,37-13-7-5-4-6-8-13)35-10-15-14(28-30-24)9-16(36-15)31-11-25-17-18(22)26-21(23)27-19(17)31/h4-8,11-12,14-16H,3,9-10H2,1-2H3,(H,29,33)(H4,22,23,26,27)/t12-,14?,15-,16-,38?/m0/s1. The first-order valence-electron chi connectivity index (χ1n) is 11.6. The summed E-state index contributed by atoms with van der Waals surface area (Å²) in [7, 11) is -4.14. The van der Waals surface area contributed by atoms with Gasteiger partial charge in [-0.25, -0.2) is 9.55 Å². The Labute approximate surface area is 216 Å². The summed E-state index contributed by atoms with van der Waals surface area (Å²) >= 11 is 0. The highest BCUT2D eigenvalue weighted by molar-refractivity contribution is 7.52. The molecule has 0 aliphatic carbocycles. The van der Waals surface area contributed by atoms with Crippen molar-refractivity contribution in [3.8, 4) is 5.75 Å². The Morgan fingerprint density at radius 1 is 1.37 bits per heavy atom. The van der Waals surface area contributed by atoms with Gasteiger partial charge in [0.15, 0.2) is 11.5 Å². The average molecular weight is 546 g/mol. The van der Waals surface area contributed by atoms with Crippen molar-refractivity contribution in [2.75, 3.05) is 24.7 Å².